The van der Waals surface area contributed by atoms with Crippen molar-refractivity contribution < 1.29 is 24.0 Å². The van der Waals surface area contributed by atoms with Gasteiger partial charge in [0.05, 0.1) is 16.2 Å². The molecule has 0 unspecified atom stereocenters. The lowest BCUT2D eigenvalue weighted by Crippen LogP contribution is -2.33. The fourth-order valence-corrected chi connectivity index (χ4v) is 3.92. The average Bonchev–Trinajstić information content (AvgIpc) is 3.30. The number of para-hydroxylation sites is 1. The number of carbonyl (C=O) groups excluding carboxylic acids is 3. The number of amides is 2. The number of rotatable bonds is 8. The first-order valence-corrected chi connectivity index (χ1v) is 11.3. The van der Waals surface area contributed by atoms with Crippen LogP contribution in [0.2, 0.25) is 0 Å². The summed E-state index contributed by atoms with van der Waals surface area (Å²) in [5.74, 6) is -1.92. The van der Waals surface area contributed by atoms with Crippen LogP contribution >= 0.6 is 11.8 Å². The Balaban J connectivity index is 1.64. The first-order chi connectivity index (χ1) is 15.4. The Labute approximate surface area is 189 Å². The minimum atomic E-state index is -0.977. The maximum Gasteiger partial charge on any atom is 0.345 e. The Bertz CT molecular complexity index is 1040. The zero-order chi connectivity index (χ0) is 23.1. The van der Waals surface area contributed by atoms with Gasteiger partial charge in [0.25, 0.3) is 17.5 Å². The van der Waals surface area contributed by atoms with Gasteiger partial charge in [-0.2, -0.15) is 0 Å². The van der Waals surface area contributed by atoms with E-state index in [1.807, 2.05) is 0 Å². The van der Waals surface area contributed by atoms with Gasteiger partial charge in [0.2, 0.25) is 0 Å². The molecular weight excluding hydrogens is 434 g/mol. The molecule has 2 amide bonds. The van der Waals surface area contributed by atoms with E-state index in [1.54, 1.807) is 30.5 Å². The van der Waals surface area contributed by atoms with Crippen LogP contribution in [-0.4, -0.2) is 41.6 Å². The normalized spacial score (nSPS) is 13.4. The largest absolute Gasteiger partial charge is 0.452 e. The van der Waals surface area contributed by atoms with Crippen LogP contribution in [0.4, 0.5) is 11.4 Å². The maximum atomic E-state index is 12.6. The SMILES string of the molecule is CSc1ccc([N+](=O)[O-])c(C(=O)OCC(=O)Nc2ccccc2C(=O)NC2CCCC2)c1. The van der Waals surface area contributed by atoms with Crippen molar-refractivity contribution in [1.82, 2.24) is 5.32 Å². The smallest absolute Gasteiger partial charge is 0.345 e. The van der Waals surface area contributed by atoms with Crippen LogP contribution in [0.25, 0.3) is 0 Å². The number of ether oxygens (including phenoxy) is 1. The van der Waals surface area contributed by atoms with Crippen molar-refractivity contribution in [1.29, 1.82) is 0 Å². The van der Waals surface area contributed by atoms with Crippen LogP contribution < -0.4 is 10.6 Å². The van der Waals surface area contributed by atoms with Crippen LogP contribution in [-0.2, 0) is 9.53 Å². The molecule has 1 aliphatic carbocycles. The molecular formula is C22H23N3O6S. The Morgan fingerprint density at radius 1 is 1.12 bits per heavy atom. The molecule has 9 nitrogen and oxygen atoms in total. The summed E-state index contributed by atoms with van der Waals surface area (Å²) < 4.78 is 5.00. The highest BCUT2D eigenvalue weighted by Gasteiger charge is 2.24. The Kier molecular flexibility index (Phi) is 7.82. The first kappa shape index (κ1) is 23.3. The molecule has 0 aromatic heterocycles. The van der Waals surface area contributed by atoms with Gasteiger partial charge in [0.15, 0.2) is 6.61 Å². The molecule has 1 fully saturated rings. The van der Waals surface area contributed by atoms with E-state index in [9.17, 15) is 24.5 Å². The van der Waals surface area contributed by atoms with Crippen molar-refractivity contribution in [2.24, 2.45) is 0 Å². The number of carbonyl (C=O) groups is 3. The van der Waals surface area contributed by atoms with E-state index in [2.05, 4.69) is 10.6 Å². The van der Waals surface area contributed by atoms with Crippen molar-refractivity contribution >= 4 is 40.9 Å². The molecule has 0 bridgehead atoms. The number of nitrogens with one attached hydrogen (secondary N) is 2. The summed E-state index contributed by atoms with van der Waals surface area (Å²) in [6, 6.07) is 10.8. The van der Waals surface area contributed by atoms with Gasteiger partial charge < -0.3 is 15.4 Å². The number of hydrogen-bond donors (Lipinski definition) is 2. The van der Waals surface area contributed by atoms with Crippen LogP contribution in [0.5, 0.6) is 0 Å². The van der Waals surface area contributed by atoms with Gasteiger partial charge in [-0.1, -0.05) is 25.0 Å². The highest BCUT2D eigenvalue weighted by molar-refractivity contribution is 7.98. The number of nitro groups is 1. The Hall–Kier alpha value is -3.40. The molecule has 0 spiro atoms. The minimum Gasteiger partial charge on any atom is -0.452 e. The molecule has 168 valence electrons. The van der Waals surface area contributed by atoms with E-state index in [-0.39, 0.29) is 17.5 Å². The summed E-state index contributed by atoms with van der Waals surface area (Å²) in [6.45, 7) is -0.655. The van der Waals surface area contributed by atoms with Crippen LogP contribution in [0.15, 0.2) is 47.4 Å². The molecule has 3 rings (SSSR count). The minimum absolute atomic E-state index is 0.125. The number of nitro benzene ring substituents is 1. The van der Waals surface area contributed by atoms with E-state index in [0.29, 0.717) is 16.1 Å². The second-order valence-electron chi connectivity index (χ2n) is 7.26. The van der Waals surface area contributed by atoms with E-state index in [1.165, 1.54) is 30.0 Å². The van der Waals surface area contributed by atoms with E-state index < -0.39 is 29.1 Å². The standard InChI is InChI=1S/C22H23N3O6S/c1-32-15-10-11-19(25(29)30)17(12-15)22(28)31-13-20(26)24-18-9-5-4-8-16(18)21(27)23-14-6-2-3-7-14/h4-5,8-12,14H,2-3,6-7,13H2,1H3,(H,23,27)(H,24,26). The molecule has 2 N–H and O–H groups in total. The van der Waals surface area contributed by atoms with E-state index >= 15 is 0 Å². The summed E-state index contributed by atoms with van der Waals surface area (Å²) in [5.41, 5.74) is -0.0325. The number of nitrogens with zero attached hydrogens (tertiary/aromatic N) is 1. The maximum absolute atomic E-state index is 12.6. The highest BCUT2D eigenvalue weighted by Crippen LogP contribution is 2.25. The number of benzene rings is 2. The fraction of sp³-hybridized carbons (Fsp3) is 0.318. The van der Waals surface area contributed by atoms with Crippen molar-refractivity contribution in [3.05, 3.63) is 63.7 Å². The summed E-state index contributed by atoms with van der Waals surface area (Å²) in [7, 11) is 0. The predicted octanol–water partition coefficient (Wildman–Crippen LogP) is 3.78. The van der Waals surface area contributed by atoms with Gasteiger partial charge in [0, 0.05) is 17.0 Å². The summed E-state index contributed by atoms with van der Waals surface area (Å²) in [4.78, 5) is 48.5. The van der Waals surface area contributed by atoms with Crippen molar-refractivity contribution in [3.8, 4) is 0 Å². The van der Waals surface area contributed by atoms with Gasteiger partial charge in [-0.05, 0) is 43.4 Å². The Morgan fingerprint density at radius 3 is 2.53 bits per heavy atom. The van der Waals surface area contributed by atoms with Gasteiger partial charge in [-0.3, -0.25) is 19.7 Å². The number of thioether (sulfide) groups is 1. The van der Waals surface area contributed by atoms with Crippen molar-refractivity contribution in [2.45, 2.75) is 36.6 Å². The molecule has 0 radical (unpaired) electrons. The number of anilines is 1. The molecule has 2 aromatic carbocycles. The second-order valence-corrected chi connectivity index (χ2v) is 8.14. The van der Waals surface area contributed by atoms with Gasteiger partial charge in [-0.25, -0.2) is 4.79 Å². The molecule has 0 heterocycles. The molecule has 1 aliphatic rings. The lowest BCUT2D eigenvalue weighted by atomic mass is 10.1. The Morgan fingerprint density at radius 2 is 1.84 bits per heavy atom. The highest BCUT2D eigenvalue weighted by atomic mass is 32.2. The van der Waals surface area contributed by atoms with Gasteiger partial charge >= 0.3 is 5.97 Å². The third-order valence-electron chi connectivity index (χ3n) is 5.09. The molecule has 10 heteroatoms. The van der Waals surface area contributed by atoms with Crippen LogP contribution in [0.1, 0.15) is 46.4 Å². The monoisotopic (exact) mass is 457 g/mol. The lowest BCUT2D eigenvalue weighted by Gasteiger charge is -2.15. The molecule has 0 aliphatic heterocycles. The average molecular weight is 458 g/mol. The molecule has 32 heavy (non-hydrogen) atoms. The van der Waals surface area contributed by atoms with Crippen LogP contribution in [0.3, 0.4) is 0 Å². The zero-order valence-electron chi connectivity index (χ0n) is 17.5. The second kappa shape index (κ2) is 10.8. The summed E-state index contributed by atoms with van der Waals surface area (Å²) >= 11 is 1.31. The van der Waals surface area contributed by atoms with E-state index in [0.717, 1.165) is 25.7 Å². The zero-order valence-corrected chi connectivity index (χ0v) is 18.3. The quantitative estimate of drug-likeness (QED) is 0.267. The summed E-state index contributed by atoms with van der Waals surface area (Å²) in [6.07, 6.45) is 5.78. The first-order valence-electron chi connectivity index (χ1n) is 10.1. The third kappa shape index (κ3) is 5.85. The van der Waals surface area contributed by atoms with Gasteiger partial charge in [0.1, 0.15) is 5.56 Å². The van der Waals surface area contributed by atoms with Crippen LogP contribution in [0, 0.1) is 10.1 Å². The number of hydrogen-bond acceptors (Lipinski definition) is 7. The lowest BCUT2D eigenvalue weighted by molar-refractivity contribution is -0.385. The topological polar surface area (TPSA) is 128 Å². The van der Waals surface area contributed by atoms with Crippen molar-refractivity contribution in [3.63, 3.8) is 0 Å². The third-order valence-corrected chi connectivity index (χ3v) is 5.82. The fourth-order valence-electron chi connectivity index (χ4n) is 3.48. The summed E-state index contributed by atoms with van der Waals surface area (Å²) in [5, 5.41) is 16.7. The molecule has 1 saturated carbocycles. The predicted molar refractivity (Wildman–Crippen MR) is 120 cm³/mol. The van der Waals surface area contributed by atoms with E-state index in [4.69, 9.17) is 4.74 Å². The molecule has 0 saturated heterocycles. The van der Waals surface area contributed by atoms with Crippen molar-refractivity contribution in [2.75, 3.05) is 18.2 Å². The molecule has 2 aromatic rings. The van der Waals surface area contributed by atoms with Gasteiger partial charge in [-0.15, -0.1) is 11.8 Å². The molecule has 0 atom stereocenters. The number of esters is 1.